The zero-order chi connectivity index (χ0) is 15.2. The Morgan fingerprint density at radius 2 is 2.10 bits per heavy atom. The number of ether oxygens (including phenoxy) is 2. The summed E-state index contributed by atoms with van der Waals surface area (Å²) in [6.07, 6.45) is 1.69. The normalized spacial score (nSPS) is 10.0. The van der Waals surface area contributed by atoms with Gasteiger partial charge in [0.1, 0.15) is 5.82 Å². The lowest BCUT2D eigenvalue weighted by atomic mass is 10.2. The molecule has 0 radical (unpaired) electrons. The largest absolute Gasteiger partial charge is 0.481 e. The fourth-order valence-electron chi connectivity index (χ4n) is 1.85. The maximum atomic E-state index is 11.5. The van der Waals surface area contributed by atoms with E-state index in [1.807, 2.05) is 12.1 Å². The fourth-order valence-corrected chi connectivity index (χ4v) is 1.85. The van der Waals surface area contributed by atoms with Crippen molar-refractivity contribution < 1.29 is 14.3 Å². The summed E-state index contributed by atoms with van der Waals surface area (Å²) in [6.45, 7) is 2.36. The summed E-state index contributed by atoms with van der Waals surface area (Å²) in [4.78, 5) is 19.9. The minimum absolute atomic E-state index is 0.384. The van der Waals surface area contributed by atoms with Crippen LogP contribution in [0.25, 0.3) is 0 Å². The molecular formula is C15H17N3O3. The first kappa shape index (κ1) is 14.8. The van der Waals surface area contributed by atoms with Crippen molar-refractivity contribution in [3.05, 3.63) is 47.3 Å². The molecule has 0 saturated carbocycles. The summed E-state index contributed by atoms with van der Waals surface area (Å²) in [5, 5.41) is 3.19. The molecule has 2 heterocycles. The molecule has 0 aliphatic carbocycles. The molecule has 0 aliphatic heterocycles. The van der Waals surface area contributed by atoms with Gasteiger partial charge < -0.3 is 14.8 Å². The third kappa shape index (κ3) is 3.68. The summed E-state index contributed by atoms with van der Waals surface area (Å²) in [5.74, 6) is 0.876. The van der Waals surface area contributed by atoms with Crippen LogP contribution in [0.4, 0.5) is 5.82 Å². The molecule has 6 nitrogen and oxygen atoms in total. The van der Waals surface area contributed by atoms with Gasteiger partial charge in [0, 0.05) is 18.8 Å². The molecule has 0 unspecified atom stereocenters. The first-order valence-corrected chi connectivity index (χ1v) is 6.43. The second-order valence-electron chi connectivity index (χ2n) is 4.38. The van der Waals surface area contributed by atoms with Crippen LogP contribution in [0.3, 0.4) is 0 Å². The highest BCUT2D eigenvalue weighted by atomic mass is 16.5. The summed E-state index contributed by atoms with van der Waals surface area (Å²) in [7, 11) is 2.93. The smallest absolute Gasteiger partial charge is 0.339 e. The van der Waals surface area contributed by atoms with Crippen LogP contribution in [0.2, 0.25) is 0 Å². The number of nitrogens with zero attached hydrogens (tertiary/aromatic N) is 2. The molecule has 2 rings (SSSR count). The number of hydrogen-bond donors (Lipinski definition) is 1. The van der Waals surface area contributed by atoms with Gasteiger partial charge in [-0.3, -0.25) is 0 Å². The van der Waals surface area contributed by atoms with Gasteiger partial charge in [0.05, 0.1) is 25.5 Å². The average Bonchev–Trinajstić information content (AvgIpc) is 2.52. The van der Waals surface area contributed by atoms with Gasteiger partial charge in [-0.25, -0.2) is 14.8 Å². The van der Waals surface area contributed by atoms with E-state index < -0.39 is 0 Å². The predicted octanol–water partition coefficient (Wildman–Crippen LogP) is 2.19. The van der Waals surface area contributed by atoms with E-state index in [0.717, 1.165) is 5.56 Å². The number of carbonyl (C=O) groups is 1. The van der Waals surface area contributed by atoms with Gasteiger partial charge in [0.15, 0.2) is 0 Å². The van der Waals surface area contributed by atoms with Crippen molar-refractivity contribution in [2.75, 3.05) is 19.5 Å². The van der Waals surface area contributed by atoms with E-state index in [0.29, 0.717) is 29.5 Å². The predicted molar refractivity (Wildman–Crippen MR) is 78.4 cm³/mol. The number of carbonyl (C=O) groups excluding carboxylic acids is 1. The third-order valence-corrected chi connectivity index (χ3v) is 2.97. The first-order chi connectivity index (χ1) is 10.1. The lowest BCUT2D eigenvalue weighted by Crippen LogP contribution is -2.08. The van der Waals surface area contributed by atoms with Crippen LogP contribution in [0.15, 0.2) is 30.5 Å². The van der Waals surface area contributed by atoms with E-state index in [4.69, 9.17) is 9.47 Å². The Hall–Kier alpha value is -2.63. The van der Waals surface area contributed by atoms with Gasteiger partial charge in [0.25, 0.3) is 0 Å². The van der Waals surface area contributed by atoms with Crippen LogP contribution in [-0.2, 0) is 11.3 Å². The molecule has 0 atom stereocenters. The number of aromatic nitrogens is 2. The number of aryl methyl sites for hydroxylation is 1. The minimum atomic E-state index is -0.384. The number of hydrogen-bond acceptors (Lipinski definition) is 6. The van der Waals surface area contributed by atoms with Crippen molar-refractivity contribution in [1.29, 1.82) is 0 Å². The molecule has 0 bridgehead atoms. The van der Waals surface area contributed by atoms with E-state index in [1.165, 1.54) is 7.11 Å². The summed E-state index contributed by atoms with van der Waals surface area (Å²) in [5.41, 5.74) is 2.12. The number of pyridine rings is 2. The standard InChI is InChI=1S/C15H17N3O3/c1-10-12(15(19)21-3)4-5-13(18-10)17-9-11-6-7-16-14(8-11)20-2/h4-8H,9H2,1-3H3,(H,17,18). The maximum Gasteiger partial charge on any atom is 0.339 e. The average molecular weight is 287 g/mol. The highest BCUT2D eigenvalue weighted by Gasteiger charge is 2.10. The summed E-state index contributed by atoms with van der Waals surface area (Å²) >= 11 is 0. The van der Waals surface area contributed by atoms with Crippen molar-refractivity contribution in [3.8, 4) is 5.88 Å². The van der Waals surface area contributed by atoms with Crippen molar-refractivity contribution >= 4 is 11.8 Å². The zero-order valence-electron chi connectivity index (χ0n) is 12.2. The molecule has 1 N–H and O–H groups in total. The minimum Gasteiger partial charge on any atom is -0.481 e. The molecule has 110 valence electrons. The van der Waals surface area contributed by atoms with Crippen LogP contribution < -0.4 is 10.1 Å². The second-order valence-corrected chi connectivity index (χ2v) is 4.38. The molecule has 2 aromatic rings. The lowest BCUT2D eigenvalue weighted by molar-refractivity contribution is 0.0599. The Bertz CT molecular complexity index is 644. The van der Waals surface area contributed by atoms with Gasteiger partial charge in [0.2, 0.25) is 5.88 Å². The molecule has 0 saturated heterocycles. The Labute approximate surface area is 123 Å². The van der Waals surface area contributed by atoms with E-state index in [2.05, 4.69) is 15.3 Å². The van der Waals surface area contributed by atoms with Crippen LogP contribution in [0.5, 0.6) is 5.88 Å². The molecule has 0 aromatic carbocycles. The number of anilines is 1. The zero-order valence-corrected chi connectivity index (χ0v) is 12.2. The highest BCUT2D eigenvalue weighted by Crippen LogP contribution is 2.14. The lowest BCUT2D eigenvalue weighted by Gasteiger charge is -2.09. The van der Waals surface area contributed by atoms with E-state index >= 15 is 0 Å². The number of nitrogens with one attached hydrogen (secondary N) is 1. The van der Waals surface area contributed by atoms with Crippen molar-refractivity contribution in [2.24, 2.45) is 0 Å². The molecule has 2 aromatic heterocycles. The van der Waals surface area contributed by atoms with E-state index in [9.17, 15) is 4.79 Å². The molecule has 0 spiro atoms. The molecule has 6 heteroatoms. The van der Waals surface area contributed by atoms with Gasteiger partial charge in [-0.2, -0.15) is 0 Å². The number of rotatable bonds is 5. The monoisotopic (exact) mass is 287 g/mol. The van der Waals surface area contributed by atoms with Gasteiger partial charge in [-0.1, -0.05) is 0 Å². The van der Waals surface area contributed by atoms with Gasteiger partial charge in [-0.05, 0) is 30.7 Å². The van der Waals surface area contributed by atoms with E-state index in [1.54, 1.807) is 32.4 Å². The maximum absolute atomic E-state index is 11.5. The number of methoxy groups -OCH3 is 2. The van der Waals surface area contributed by atoms with Crippen LogP contribution in [0, 0.1) is 6.92 Å². The Kier molecular flexibility index (Phi) is 4.71. The van der Waals surface area contributed by atoms with Crippen LogP contribution in [0.1, 0.15) is 21.6 Å². The Morgan fingerprint density at radius 3 is 2.76 bits per heavy atom. The van der Waals surface area contributed by atoms with Crippen molar-refractivity contribution in [2.45, 2.75) is 13.5 Å². The third-order valence-electron chi connectivity index (χ3n) is 2.97. The van der Waals surface area contributed by atoms with Crippen LogP contribution in [-0.4, -0.2) is 30.2 Å². The fraction of sp³-hybridized carbons (Fsp3) is 0.267. The first-order valence-electron chi connectivity index (χ1n) is 6.43. The van der Waals surface area contributed by atoms with Crippen LogP contribution >= 0.6 is 0 Å². The van der Waals surface area contributed by atoms with Crippen molar-refractivity contribution in [3.63, 3.8) is 0 Å². The Balaban J connectivity index is 2.06. The molecule has 21 heavy (non-hydrogen) atoms. The highest BCUT2D eigenvalue weighted by molar-refractivity contribution is 5.90. The molecular weight excluding hydrogens is 270 g/mol. The van der Waals surface area contributed by atoms with Gasteiger partial charge >= 0.3 is 5.97 Å². The molecule has 0 fully saturated rings. The Morgan fingerprint density at radius 1 is 1.29 bits per heavy atom. The molecule has 0 aliphatic rings. The molecule has 0 amide bonds. The van der Waals surface area contributed by atoms with Crippen molar-refractivity contribution in [1.82, 2.24) is 9.97 Å². The summed E-state index contributed by atoms with van der Waals surface area (Å²) < 4.78 is 9.77. The SMILES string of the molecule is COC(=O)c1ccc(NCc2ccnc(OC)c2)nc1C. The quantitative estimate of drug-likeness (QED) is 0.850. The topological polar surface area (TPSA) is 73.3 Å². The van der Waals surface area contributed by atoms with E-state index in [-0.39, 0.29) is 5.97 Å². The second kappa shape index (κ2) is 6.69. The number of esters is 1. The summed E-state index contributed by atoms with van der Waals surface area (Å²) in [6, 6.07) is 7.19. The van der Waals surface area contributed by atoms with Gasteiger partial charge in [-0.15, -0.1) is 0 Å².